The molecule has 8 heteroatoms. The highest BCUT2D eigenvalue weighted by molar-refractivity contribution is 5.61. The number of nitro groups is 1. The summed E-state index contributed by atoms with van der Waals surface area (Å²) in [7, 11) is 0. The average Bonchev–Trinajstić information content (AvgIpc) is 3.18. The van der Waals surface area contributed by atoms with Crippen LogP contribution in [0.2, 0.25) is 0 Å². The molecule has 26 heavy (non-hydrogen) atoms. The number of hydrogen-bond donors (Lipinski definition) is 1. The highest BCUT2D eigenvalue weighted by atomic mass is 16.6. The lowest BCUT2D eigenvalue weighted by molar-refractivity contribution is -0.384. The van der Waals surface area contributed by atoms with Gasteiger partial charge >= 0.3 is 0 Å². The van der Waals surface area contributed by atoms with E-state index in [2.05, 4.69) is 40.0 Å². The lowest BCUT2D eigenvalue weighted by Crippen LogP contribution is -2.07. The Balaban J connectivity index is 0.00000117. The maximum absolute atomic E-state index is 11.0. The molecule has 132 valence electrons. The van der Waals surface area contributed by atoms with Crippen LogP contribution in [0.5, 0.6) is 0 Å². The van der Waals surface area contributed by atoms with Crippen molar-refractivity contribution in [3.8, 4) is 30.1 Å². The molecule has 0 unspecified atom stereocenters. The molecular weight excluding hydrogens is 332 g/mol. The molecule has 0 radical (unpaired) electrons. The molecule has 0 fully saturated rings. The predicted molar refractivity (Wildman–Crippen MR) is 99.9 cm³/mol. The molecule has 0 aliphatic carbocycles. The van der Waals surface area contributed by atoms with E-state index in [1.54, 1.807) is 41.4 Å². The van der Waals surface area contributed by atoms with Crippen molar-refractivity contribution >= 4 is 11.6 Å². The number of rotatable bonds is 6. The van der Waals surface area contributed by atoms with Crippen LogP contribution in [-0.2, 0) is 0 Å². The van der Waals surface area contributed by atoms with Crippen LogP contribution in [0.15, 0.2) is 48.9 Å². The van der Waals surface area contributed by atoms with E-state index in [1.807, 2.05) is 0 Å². The minimum atomic E-state index is -0.422. The van der Waals surface area contributed by atoms with Gasteiger partial charge in [-0.15, -0.1) is 12.8 Å². The van der Waals surface area contributed by atoms with E-state index in [9.17, 15) is 10.1 Å². The molecule has 0 amide bonds. The zero-order chi connectivity index (χ0) is 18.9. The van der Waals surface area contributed by atoms with Gasteiger partial charge in [0.2, 0.25) is 5.95 Å². The molecule has 1 N–H and O–H groups in total. The molecule has 1 aromatic carbocycles. The number of terminal acetylenes is 1. The summed E-state index contributed by atoms with van der Waals surface area (Å²) in [5, 5.41) is 14.1. The van der Waals surface area contributed by atoms with Crippen LogP contribution in [0.1, 0.15) is 13.3 Å². The fraction of sp³-hybridized carbons (Fsp3) is 0.167. The third-order valence-corrected chi connectivity index (χ3v) is 3.38. The van der Waals surface area contributed by atoms with Gasteiger partial charge in [-0.05, 0) is 12.5 Å². The molecule has 3 rings (SSSR count). The zero-order valence-electron chi connectivity index (χ0n) is 14.2. The van der Waals surface area contributed by atoms with Gasteiger partial charge in [-0.1, -0.05) is 19.1 Å². The molecular formula is C18H18N6O2. The first-order valence-corrected chi connectivity index (χ1v) is 7.88. The van der Waals surface area contributed by atoms with Crippen LogP contribution in [-0.4, -0.2) is 31.0 Å². The van der Waals surface area contributed by atoms with Gasteiger partial charge in [0.05, 0.1) is 4.92 Å². The smallest absolute Gasteiger partial charge is 0.270 e. The average molecular weight is 350 g/mol. The Bertz CT molecular complexity index is 903. The summed E-state index contributed by atoms with van der Waals surface area (Å²) in [6, 6.07) is 8.13. The number of non-ortho nitro benzene ring substituents is 1. The van der Waals surface area contributed by atoms with Gasteiger partial charge in [-0.3, -0.25) is 14.7 Å². The van der Waals surface area contributed by atoms with Gasteiger partial charge in [0.25, 0.3) is 5.69 Å². The van der Waals surface area contributed by atoms with Crippen molar-refractivity contribution < 1.29 is 4.92 Å². The molecule has 0 saturated heterocycles. The number of anilines is 1. The Labute approximate surface area is 151 Å². The zero-order valence-corrected chi connectivity index (χ0v) is 14.2. The summed E-state index contributed by atoms with van der Waals surface area (Å²) in [6.07, 6.45) is 14.0. The molecule has 2 aromatic heterocycles. The second-order valence-corrected chi connectivity index (χ2v) is 5.09. The number of hydrogen-bond acceptors (Lipinski definition) is 6. The third kappa shape index (κ3) is 4.21. The molecule has 0 aliphatic rings. The Kier molecular flexibility index (Phi) is 6.40. The van der Waals surface area contributed by atoms with Crippen LogP contribution < -0.4 is 5.32 Å². The molecule has 2 heterocycles. The first-order chi connectivity index (χ1) is 12.7. The second-order valence-electron chi connectivity index (χ2n) is 5.09. The van der Waals surface area contributed by atoms with Gasteiger partial charge in [-0.2, -0.15) is 4.98 Å². The minimum absolute atomic E-state index is 0.0232. The standard InChI is InChI=1S/C16H16N6O2.C2H2/c1-2-7-18-16-19-8-6-14(20-16)21-10-9-17-15(21)12-4-3-5-13(11-12)22(23)24;1-2/h3-6,8-11H,2,7H2,1H3,(H,18,19,20);1-2H. The SMILES string of the molecule is C#C.CCCNc1nccc(-n2ccnc2-c2cccc([N+](=O)[O-])c2)n1. The number of nitrogens with zero attached hydrogens (tertiary/aromatic N) is 5. The van der Waals surface area contributed by atoms with Crippen LogP contribution in [0.4, 0.5) is 11.6 Å². The Morgan fingerprint density at radius 1 is 1.23 bits per heavy atom. The summed E-state index contributed by atoms with van der Waals surface area (Å²) in [6.45, 7) is 2.85. The Hall–Kier alpha value is -3.73. The van der Waals surface area contributed by atoms with E-state index in [0.29, 0.717) is 23.2 Å². The first-order valence-electron chi connectivity index (χ1n) is 7.88. The van der Waals surface area contributed by atoms with E-state index >= 15 is 0 Å². The monoisotopic (exact) mass is 350 g/mol. The molecule has 8 nitrogen and oxygen atoms in total. The highest BCUT2D eigenvalue weighted by Crippen LogP contribution is 2.24. The molecule has 0 aliphatic heterocycles. The van der Waals surface area contributed by atoms with Crippen LogP contribution in [0, 0.1) is 23.0 Å². The van der Waals surface area contributed by atoms with Gasteiger partial charge in [0.15, 0.2) is 0 Å². The predicted octanol–water partition coefficient (Wildman–Crippen LogP) is 3.31. The van der Waals surface area contributed by atoms with Crippen molar-refractivity contribution in [3.05, 3.63) is 59.0 Å². The minimum Gasteiger partial charge on any atom is -0.354 e. The van der Waals surface area contributed by atoms with Crippen molar-refractivity contribution in [2.75, 3.05) is 11.9 Å². The molecule has 0 atom stereocenters. The number of aromatic nitrogens is 4. The van der Waals surface area contributed by atoms with Crippen LogP contribution >= 0.6 is 0 Å². The quantitative estimate of drug-likeness (QED) is 0.416. The first kappa shape index (κ1) is 18.6. The number of nitro benzene ring substituents is 1. The Morgan fingerprint density at radius 3 is 2.77 bits per heavy atom. The second kappa shape index (κ2) is 8.94. The largest absolute Gasteiger partial charge is 0.354 e. The summed E-state index contributed by atoms with van der Waals surface area (Å²) < 4.78 is 1.78. The van der Waals surface area contributed by atoms with Crippen molar-refractivity contribution in [3.63, 3.8) is 0 Å². The van der Waals surface area contributed by atoms with E-state index < -0.39 is 4.92 Å². The number of nitrogens with one attached hydrogen (secondary N) is 1. The van der Waals surface area contributed by atoms with Crippen molar-refractivity contribution in [1.82, 2.24) is 19.5 Å². The molecule has 0 saturated carbocycles. The summed E-state index contributed by atoms with van der Waals surface area (Å²) in [5.41, 5.74) is 0.672. The highest BCUT2D eigenvalue weighted by Gasteiger charge is 2.13. The van der Waals surface area contributed by atoms with Crippen LogP contribution in [0.25, 0.3) is 17.2 Å². The number of imidazole rings is 1. The summed E-state index contributed by atoms with van der Waals surface area (Å²) >= 11 is 0. The normalized spacial score (nSPS) is 9.81. The fourth-order valence-electron chi connectivity index (χ4n) is 2.27. The van der Waals surface area contributed by atoms with Gasteiger partial charge in [0.1, 0.15) is 11.6 Å². The van der Waals surface area contributed by atoms with Crippen molar-refractivity contribution in [2.24, 2.45) is 0 Å². The van der Waals surface area contributed by atoms with Gasteiger partial charge in [0, 0.05) is 42.8 Å². The third-order valence-electron chi connectivity index (χ3n) is 3.38. The molecule has 0 spiro atoms. The van der Waals surface area contributed by atoms with Crippen molar-refractivity contribution in [1.29, 1.82) is 0 Å². The van der Waals surface area contributed by atoms with Crippen LogP contribution in [0.3, 0.4) is 0 Å². The molecule has 0 bridgehead atoms. The number of benzene rings is 1. The molecule has 3 aromatic rings. The fourth-order valence-corrected chi connectivity index (χ4v) is 2.27. The lowest BCUT2D eigenvalue weighted by atomic mass is 10.2. The Morgan fingerprint density at radius 2 is 2.04 bits per heavy atom. The van der Waals surface area contributed by atoms with E-state index in [1.165, 1.54) is 12.1 Å². The maximum Gasteiger partial charge on any atom is 0.270 e. The van der Waals surface area contributed by atoms with Crippen molar-refractivity contribution in [2.45, 2.75) is 13.3 Å². The van der Waals surface area contributed by atoms with E-state index in [-0.39, 0.29) is 5.69 Å². The van der Waals surface area contributed by atoms with Gasteiger partial charge in [-0.25, -0.2) is 9.97 Å². The van der Waals surface area contributed by atoms with E-state index in [0.717, 1.165) is 13.0 Å². The summed E-state index contributed by atoms with van der Waals surface area (Å²) in [4.78, 5) is 23.5. The maximum atomic E-state index is 11.0. The summed E-state index contributed by atoms with van der Waals surface area (Å²) in [5.74, 6) is 1.76. The lowest BCUT2D eigenvalue weighted by Gasteiger charge is -2.09. The van der Waals surface area contributed by atoms with Gasteiger partial charge < -0.3 is 5.32 Å². The topological polar surface area (TPSA) is 98.8 Å². The van der Waals surface area contributed by atoms with E-state index in [4.69, 9.17) is 0 Å².